The second-order valence-corrected chi connectivity index (χ2v) is 3.31. The Morgan fingerprint density at radius 3 is 2.93 bits per heavy atom. The van der Waals surface area contributed by atoms with E-state index in [1.165, 1.54) is 0 Å². The van der Waals surface area contributed by atoms with Gasteiger partial charge in [0.15, 0.2) is 0 Å². The number of benzene rings is 1. The summed E-state index contributed by atoms with van der Waals surface area (Å²) in [6, 6.07) is 9.72. The van der Waals surface area contributed by atoms with E-state index in [-0.39, 0.29) is 6.04 Å². The minimum absolute atomic E-state index is 0.158. The normalized spacial score (nSPS) is 12.6. The van der Waals surface area contributed by atoms with Crippen LogP contribution in [0.3, 0.4) is 0 Å². The Bertz CT molecular complexity index is 505. The van der Waals surface area contributed by atoms with Crippen molar-refractivity contribution in [3.05, 3.63) is 30.5 Å². The minimum Gasteiger partial charge on any atom is -0.398 e. The van der Waals surface area contributed by atoms with Crippen molar-refractivity contribution in [3.8, 4) is 6.07 Å². The van der Waals surface area contributed by atoms with Gasteiger partial charge in [-0.25, -0.2) is 0 Å². The molecular formula is C11H11N3. The quantitative estimate of drug-likeness (QED) is 0.693. The Morgan fingerprint density at radius 1 is 1.43 bits per heavy atom. The zero-order valence-corrected chi connectivity index (χ0v) is 7.94. The van der Waals surface area contributed by atoms with E-state index in [1.807, 2.05) is 42.0 Å². The topological polar surface area (TPSA) is 54.7 Å². The molecule has 1 unspecified atom stereocenters. The monoisotopic (exact) mass is 185 g/mol. The van der Waals surface area contributed by atoms with E-state index in [9.17, 15) is 0 Å². The number of rotatable bonds is 1. The van der Waals surface area contributed by atoms with Crippen molar-refractivity contribution in [2.45, 2.75) is 13.0 Å². The lowest BCUT2D eigenvalue weighted by Gasteiger charge is -2.06. The predicted octanol–water partition coefficient (Wildman–Crippen LogP) is 2.31. The van der Waals surface area contributed by atoms with E-state index in [4.69, 9.17) is 11.0 Å². The number of nitrogens with two attached hydrogens (primary N) is 1. The zero-order valence-electron chi connectivity index (χ0n) is 7.94. The average molecular weight is 185 g/mol. The molecule has 2 rings (SSSR count). The summed E-state index contributed by atoms with van der Waals surface area (Å²) in [6.07, 6.45) is 1.90. The molecule has 0 amide bonds. The fourth-order valence-corrected chi connectivity index (χ4v) is 1.61. The highest BCUT2D eigenvalue weighted by Crippen LogP contribution is 2.24. The number of hydrogen-bond acceptors (Lipinski definition) is 2. The fourth-order valence-electron chi connectivity index (χ4n) is 1.61. The standard InChI is InChI=1S/C11H11N3/c1-8(7-12)14-6-5-9-10(13)3-2-4-11(9)14/h2-6,8H,13H2,1H3. The van der Waals surface area contributed by atoms with E-state index >= 15 is 0 Å². The lowest BCUT2D eigenvalue weighted by molar-refractivity contribution is 0.701. The number of anilines is 1. The molecular weight excluding hydrogens is 174 g/mol. The number of nitrogens with zero attached hydrogens (tertiary/aromatic N) is 2. The zero-order chi connectivity index (χ0) is 10.1. The molecule has 0 spiro atoms. The number of fused-ring (bicyclic) bond motifs is 1. The second kappa shape index (κ2) is 3.08. The first-order valence-electron chi connectivity index (χ1n) is 4.48. The molecule has 0 radical (unpaired) electrons. The van der Waals surface area contributed by atoms with Gasteiger partial charge in [0.1, 0.15) is 6.04 Å². The van der Waals surface area contributed by atoms with Crippen molar-refractivity contribution >= 4 is 16.6 Å². The van der Waals surface area contributed by atoms with Crippen LogP contribution >= 0.6 is 0 Å². The molecule has 0 saturated heterocycles. The van der Waals surface area contributed by atoms with Crippen LogP contribution in [-0.4, -0.2) is 4.57 Å². The molecule has 0 fully saturated rings. The fraction of sp³-hybridized carbons (Fsp3) is 0.182. The van der Waals surface area contributed by atoms with Crippen LogP contribution in [0.5, 0.6) is 0 Å². The van der Waals surface area contributed by atoms with Crippen molar-refractivity contribution in [2.24, 2.45) is 0 Å². The minimum atomic E-state index is -0.158. The highest BCUT2D eigenvalue weighted by atomic mass is 15.0. The van der Waals surface area contributed by atoms with Crippen molar-refractivity contribution in [1.82, 2.24) is 4.57 Å². The number of aromatic nitrogens is 1. The van der Waals surface area contributed by atoms with Crippen LogP contribution in [-0.2, 0) is 0 Å². The lowest BCUT2D eigenvalue weighted by Crippen LogP contribution is -2.00. The maximum absolute atomic E-state index is 8.83. The van der Waals surface area contributed by atoms with Gasteiger partial charge in [-0.2, -0.15) is 5.26 Å². The maximum Gasteiger partial charge on any atom is 0.118 e. The second-order valence-electron chi connectivity index (χ2n) is 3.31. The van der Waals surface area contributed by atoms with Gasteiger partial charge in [-0.15, -0.1) is 0 Å². The summed E-state index contributed by atoms with van der Waals surface area (Å²) in [7, 11) is 0. The van der Waals surface area contributed by atoms with Gasteiger partial charge >= 0.3 is 0 Å². The molecule has 0 saturated carbocycles. The van der Waals surface area contributed by atoms with Crippen LogP contribution in [0.1, 0.15) is 13.0 Å². The summed E-state index contributed by atoms with van der Waals surface area (Å²) >= 11 is 0. The summed E-state index contributed by atoms with van der Waals surface area (Å²) in [5, 5.41) is 9.84. The van der Waals surface area contributed by atoms with Gasteiger partial charge in [0.25, 0.3) is 0 Å². The molecule has 14 heavy (non-hydrogen) atoms. The van der Waals surface area contributed by atoms with Gasteiger partial charge in [0.05, 0.1) is 11.6 Å². The molecule has 0 aliphatic rings. The highest BCUT2D eigenvalue weighted by Gasteiger charge is 2.07. The summed E-state index contributed by atoms with van der Waals surface area (Å²) in [6.45, 7) is 1.86. The Hall–Kier alpha value is -1.95. The smallest absolute Gasteiger partial charge is 0.118 e. The van der Waals surface area contributed by atoms with Crippen LogP contribution in [0.4, 0.5) is 5.69 Å². The molecule has 1 heterocycles. The largest absolute Gasteiger partial charge is 0.398 e. The molecule has 1 atom stereocenters. The molecule has 0 aliphatic heterocycles. The number of nitriles is 1. The van der Waals surface area contributed by atoms with Crippen LogP contribution in [0.25, 0.3) is 10.9 Å². The van der Waals surface area contributed by atoms with E-state index in [0.717, 1.165) is 16.6 Å². The molecule has 3 heteroatoms. The van der Waals surface area contributed by atoms with E-state index < -0.39 is 0 Å². The Kier molecular flexibility index (Phi) is 1.90. The molecule has 1 aromatic heterocycles. The van der Waals surface area contributed by atoms with Crippen LogP contribution in [0.2, 0.25) is 0 Å². The molecule has 0 bridgehead atoms. The first-order valence-corrected chi connectivity index (χ1v) is 4.48. The van der Waals surface area contributed by atoms with Gasteiger partial charge in [-0.1, -0.05) is 6.07 Å². The summed E-state index contributed by atoms with van der Waals surface area (Å²) < 4.78 is 1.92. The maximum atomic E-state index is 8.83. The average Bonchev–Trinajstić information content (AvgIpc) is 2.62. The van der Waals surface area contributed by atoms with Crippen LogP contribution < -0.4 is 5.73 Å². The Morgan fingerprint density at radius 2 is 2.21 bits per heavy atom. The number of hydrogen-bond donors (Lipinski definition) is 1. The van der Waals surface area contributed by atoms with Crippen molar-refractivity contribution in [3.63, 3.8) is 0 Å². The van der Waals surface area contributed by atoms with Gasteiger partial charge in [-0.3, -0.25) is 0 Å². The van der Waals surface area contributed by atoms with Crippen molar-refractivity contribution in [2.75, 3.05) is 5.73 Å². The van der Waals surface area contributed by atoms with Gasteiger partial charge < -0.3 is 10.3 Å². The molecule has 2 aromatic rings. The molecule has 70 valence electrons. The molecule has 3 nitrogen and oxygen atoms in total. The summed E-state index contributed by atoms with van der Waals surface area (Å²) in [5.41, 5.74) is 7.58. The third kappa shape index (κ3) is 1.12. The molecule has 0 aliphatic carbocycles. The van der Waals surface area contributed by atoms with Gasteiger partial charge in [0, 0.05) is 17.3 Å². The SMILES string of the molecule is CC(C#N)n1ccc2c(N)cccc21. The third-order valence-electron chi connectivity index (χ3n) is 2.40. The van der Waals surface area contributed by atoms with Crippen LogP contribution in [0.15, 0.2) is 30.5 Å². The van der Waals surface area contributed by atoms with Crippen molar-refractivity contribution < 1.29 is 0 Å². The first-order chi connectivity index (χ1) is 6.74. The van der Waals surface area contributed by atoms with E-state index in [0.29, 0.717) is 0 Å². The predicted molar refractivity (Wildman–Crippen MR) is 56.7 cm³/mol. The number of nitrogen functional groups attached to an aromatic ring is 1. The Labute approximate surface area is 82.4 Å². The summed E-state index contributed by atoms with van der Waals surface area (Å²) in [5.74, 6) is 0. The molecule has 2 N–H and O–H groups in total. The van der Waals surface area contributed by atoms with Crippen LogP contribution in [0, 0.1) is 11.3 Å². The Balaban J connectivity index is 2.71. The van der Waals surface area contributed by atoms with Gasteiger partial charge in [0.2, 0.25) is 0 Å². The van der Waals surface area contributed by atoms with Crippen molar-refractivity contribution in [1.29, 1.82) is 5.26 Å². The lowest BCUT2D eigenvalue weighted by atomic mass is 10.2. The van der Waals surface area contributed by atoms with Gasteiger partial charge in [-0.05, 0) is 25.1 Å². The highest BCUT2D eigenvalue weighted by molar-refractivity contribution is 5.91. The molecule has 1 aromatic carbocycles. The van der Waals surface area contributed by atoms with E-state index in [1.54, 1.807) is 0 Å². The first kappa shape index (κ1) is 8.64. The van der Waals surface area contributed by atoms with E-state index in [2.05, 4.69) is 6.07 Å². The summed E-state index contributed by atoms with van der Waals surface area (Å²) in [4.78, 5) is 0. The third-order valence-corrected chi connectivity index (χ3v) is 2.40.